The number of carbonyl (C=O) groups is 3. The van der Waals surface area contributed by atoms with E-state index >= 15 is 0 Å². The van der Waals surface area contributed by atoms with Crippen LogP contribution >= 0.6 is 0 Å². The molecule has 0 aliphatic carbocycles. The molecule has 0 unspecified atom stereocenters. The standard InChI is InChI=1S/C20H13N5O6/c21-17-16-13(19(28)23-20(16)29)9-15(26)24(17)14-7-6-11(25(30)31)8-12(14)18(27)22-10-4-2-1-3-5-10/h1-9H,21H2,(H,22,27)(H,23,28,29). The van der Waals surface area contributed by atoms with Crippen molar-refractivity contribution < 1.29 is 19.3 Å². The van der Waals surface area contributed by atoms with Gasteiger partial charge in [-0.05, 0) is 18.2 Å². The van der Waals surface area contributed by atoms with Crippen molar-refractivity contribution in [3.63, 3.8) is 0 Å². The third-order valence-corrected chi connectivity index (χ3v) is 4.66. The van der Waals surface area contributed by atoms with E-state index in [0.717, 1.165) is 22.8 Å². The third kappa shape index (κ3) is 3.29. The van der Waals surface area contributed by atoms with E-state index in [1.807, 2.05) is 5.32 Å². The van der Waals surface area contributed by atoms with Crippen molar-refractivity contribution in [3.05, 3.63) is 91.8 Å². The van der Waals surface area contributed by atoms with Crippen LogP contribution in [0.5, 0.6) is 0 Å². The van der Waals surface area contributed by atoms with Crippen LogP contribution in [0.15, 0.2) is 59.4 Å². The Morgan fingerprint density at radius 2 is 1.74 bits per heavy atom. The van der Waals surface area contributed by atoms with Gasteiger partial charge in [0.25, 0.3) is 29.0 Å². The van der Waals surface area contributed by atoms with Crippen LogP contribution in [0.3, 0.4) is 0 Å². The van der Waals surface area contributed by atoms with Crippen molar-refractivity contribution in [2.24, 2.45) is 0 Å². The Kier molecular flexibility index (Phi) is 4.55. The SMILES string of the molecule is Nc1c2c(cc(=O)n1-c1ccc([N+](=O)[O-])cc1C(=O)Nc1ccccc1)C(=O)NC2=O. The first-order chi connectivity index (χ1) is 14.8. The summed E-state index contributed by atoms with van der Waals surface area (Å²) in [5.74, 6) is -2.66. The third-order valence-electron chi connectivity index (χ3n) is 4.66. The van der Waals surface area contributed by atoms with E-state index in [9.17, 15) is 29.3 Å². The number of anilines is 2. The van der Waals surface area contributed by atoms with Crippen LogP contribution < -0.4 is 21.9 Å². The highest BCUT2D eigenvalue weighted by molar-refractivity contribution is 6.23. The second kappa shape index (κ2) is 7.22. The predicted octanol–water partition coefficient (Wildman–Crippen LogP) is 1.46. The summed E-state index contributed by atoms with van der Waals surface area (Å²) >= 11 is 0. The summed E-state index contributed by atoms with van der Waals surface area (Å²) in [5, 5.41) is 15.9. The lowest BCUT2D eigenvalue weighted by Crippen LogP contribution is -2.26. The Morgan fingerprint density at radius 3 is 2.42 bits per heavy atom. The molecule has 0 fully saturated rings. The van der Waals surface area contributed by atoms with E-state index in [1.165, 1.54) is 6.07 Å². The number of rotatable bonds is 4. The summed E-state index contributed by atoms with van der Waals surface area (Å²) in [5.41, 5.74) is 4.57. The van der Waals surface area contributed by atoms with Crippen LogP contribution in [-0.4, -0.2) is 27.2 Å². The number of carbonyl (C=O) groups excluding carboxylic acids is 3. The van der Waals surface area contributed by atoms with Crippen molar-refractivity contribution >= 4 is 34.9 Å². The molecule has 3 aromatic rings. The highest BCUT2D eigenvalue weighted by Crippen LogP contribution is 2.27. The van der Waals surface area contributed by atoms with Gasteiger partial charge in [-0.15, -0.1) is 0 Å². The predicted molar refractivity (Wildman–Crippen MR) is 109 cm³/mol. The minimum Gasteiger partial charge on any atom is -0.384 e. The second-order valence-corrected chi connectivity index (χ2v) is 6.55. The average molecular weight is 419 g/mol. The first-order valence-electron chi connectivity index (χ1n) is 8.84. The number of nitro benzene ring substituents is 1. The number of para-hydroxylation sites is 1. The van der Waals surface area contributed by atoms with E-state index in [1.54, 1.807) is 30.3 Å². The molecular formula is C20H13N5O6. The lowest BCUT2D eigenvalue weighted by Gasteiger charge is -2.15. The Bertz CT molecular complexity index is 1350. The zero-order valence-corrected chi connectivity index (χ0v) is 15.6. The monoisotopic (exact) mass is 419 g/mol. The van der Waals surface area contributed by atoms with E-state index in [2.05, 4.69) is 5.32 Å². The number of amides is 3. The number of aromatic nitrogens is 1. The maximum absolute atomic E-state index is 12.9. The quantitative estimate of drug-likeness (QED) is 0.327. The minimum absolute atomic E-state index is 0.0866. The molecule has 0 saturated carbocycles. The maximum atomic E-state index is 12.9. The minimum atomic E-state index is -0.788. The summed E-state index contributed by atoms with van der Waals surface area (Å²) in [6, 6.07) is 12.5. The van der Waals surface area contributed by atoms with E-state index in [4.69, 9.17) is 5.73 Å². The Hall–Kier alpha value is -4.80. The van der Waals surface area contributed by atoms with Gasteiger partial charge in [0, 0.05) is 23.9 Å². The summed E-state index contributed by atoms with van der Waals surface area (Å²) in [6.45, 7) is 0. The molecule has 154 valence electrons. The number of nitrogens with two attached hydrogens (primary N) is 1. The lowest BCUT2D eigenvalue weighted by atomic mass is 10.1. The van der Waals surface area contributed by atoms with Gasteiger partial charge in [-0.25, -0.2) is 0 Å². The van der Waals surface area contributed by atoms with Crippen molar-refractivity contribution in [3.8, 4) is 5.69 Å². The van der Waals surface area contributed by atoms with Gasteiger partial charge in [0.15, 0.2) is 0 Å². The van der Waals surface area contributed by atoms with E-state index < -0.39 is 28.2 Å². The lowest BCUT2D eigenvalue weighted by molar-refractivity contribution is -0.384. The number of hydrogen-bond acceptors (Lipinski definition) is 7. The Balaban J connectivity index is 1.92. The molecule has 0 saturated heterocycles. The number of nitrogens with one attached hydrogen (secondary N) is 2. The second-order valence-electron chi connectivity index (χ2n) is 6.55. The fourth-order valence-electron chi connectivity index (χ4n) is 3.26. The molecular weight excluding hydrogens is 406 g/mol. The van der Waals surface area contributed by atoms with Gasteiger partial charge < -0.3 is 11.1 Å². The summed E-state index contributed by atoms with van der Waals surface area (Å²) in [4.78, 5) is 60.2. The number of hydrogen-bond donors (Lipinski definition) is 3. The van der Waals surface area contributed by atoms with E-state index in [-0.39, 0.29) is 33.9 Å². The Morgan fingerprint density at radius 1 is 1.03 bits per heavy atom. The number of nitrogens with zero attached hydrogens (tertiary/aromatic N) is 2. The van der Waals surface area contributed by atoms with Gasteiger partial charge in [-0.3, -0.25) is 39.2 Å². The van der Waals surface area contributed by atoms with Crippen molar-refractivity contribution in [1.82, 2.24) is 9.88 Å². The first-order valence-corrected chi connectivity index (χ1v) is 8.84. The molecule has 1 aromatic heterocycles. The first kappa shape index (κ1) is 19.5. The fourth-order valence-corrected chi connectivity index (χ4v) is 3.26. The molecule has 0 spiro atoms. The molecule has 1 aliphatic heterocycles. The zero-order chi connectivity index (χ0) is 22.3. The van der Waals surface area contributed by atoms with Crippen LogP contribution in [0.25, 0.3) is 5.69 Å². The van der Waals surface area contributed by atoms with Gasteiger partial charge in [0.2, 0.25) is 0 Å². The van der Waals surface area contributed by atoms with Gasteiger partial charge >= 0.3 is 0 Å². The summed E-state index contributed by atoms with van der Waals surface area (Å²) < 4.78 is 0.862. The molecule has 0 atom stereocenters. The zero-order valence-electron chi connectivity index (χ0n) is 15.6. The highest BCUT2D eigenvalue weighted by Gasteiger charge is 2.32. The largest absolute Gasteiger partial charge is 0.384 e. The van der Waals surface area contributed by atoms with Crippen LogP contribution in [-0.2, 0) is 0 Å². The number of nitro groups is 1. The van der Waals surface area contributed by atoms with Crippen LogP contribution in [0, 0.1) is 10.1 Å². The van der Waals surface area contributed by atoms with Crippen molar-refractivity contribution in [2.45, 2.75) is 0 Å². The number of pyridine rings is 1. The molecule has 11 nitrogen and oxygen atoms in total. The normalized spacial score (nSPS) is 12.3. The van der Waals surface area contributed by atoms with Crippen LogP contribution in [0.1, 0.15) is 31.1 Å². The maximum Gasteiger partial charge on any atom is 0.270 e. The topological polar surface area (TPSA) is 166 Å². The van der Waals surface area contributed by atoms with Gasteiger partial charge in [0.1, 0.15) is 5.82 Å². The van der Waals surface area contributed by atoms with E-state index in [0.29, 0.717) is 5.69 Å². The molecule has 0 radical (unpaired) electrons. The van der Waals surface area contributed by atoms with Crippen molar-refractivity contribution in [2.75, 3.05) is 11.1 Å². The molecule has 4 rings (SSSR count). The molecule has 3 amide bonds. The molecule has 0 bridgehead atoms. The number of non-ortho nitro benzene ring substituents is 1. The fraction of sp³-hybridized carbons (Fsp3) is 0. The van der Waals surface area contributed by atoms with Gasteiger partial charge in [-0.1, -0.05) is 18.2 Å². The molecule has 2 heterocycles. The highest BCUT2D eigenvalue weighted by atomic mass is 16.6. The smallest absolute Gasteiger partial charge is 0.270 e. The average Bonchev–Trinajstić information content (AvgIpc) is 3.02. The van der Waals surface area contributed by atoms with Gasteiger partial charge in [-0.2, -0.15) is 0 Å². The summed E-state index contributed by atoms with van der Waals surface area (Å²) in [6.07, 6.45) is 0. The molecule has 11 heteroatoms. The number of imide groups is 1. The number of nitrogen functional groups attached to an aromatic ring is 1. The molecule has 4 N–H and O–H groups in total. The number of fused-ring (bicyclic) bond motifs is 1. The van der Waals surface area contributed by atoms with Crippen LogP contribution in [0.2, 0.25) is 0 Å². The summed E-state index contributed by atoms with van der Waals surface area (Å²) in [7, 11) is 0. The van der Waals surface area contributed by atoms with Crippen LogP contribution in [0.4, 0.5) is 17.2 Å². The number of benzene rings is 2. The Labute approximate surface area is 173 Å². The molecule has 1 aliphatic rings. The molecule has 2 aromatic carbocycles. The van der Waals surface area contributed by atoms with Crippen molar-refractivity contribution in [1.29, 1.82) is 0 Å². The molecule has 31 heavy (non-hydrogen) atoms. The van der Waals surface area contributed by atoms with Gasteiger partial charge in [0.05, 0.1) is 27.3 Å².